The van der Waals surface area contributed by atoms with Gasteiger partial charge in [0, 0.05) is 56.4 Å². The number of carbonyl (C=O) groups is 3. The Kier molecular flexibility index (Phi) is 7.23. The molecule has 31 heavy (non-hydrogen) atoms. The third kappa shape index (κ3) is 5.99. The Morgan fingerprint density at radius 3 is 2.10 bits per heavy atom. The molecule has 0 aromatic heterocycles. The Hall–Kier alpha value is -2.57. The molecule has 0 atom stereocenters. The van der Waals surface area contributed by atoms with Gasteiger partial charge >= 0.3 is 6.09 Å². The summed E-state index contributed by atoms with van der Waals surface area (Å²) in [6, 6.07) is 7.76. The fraction of sp³-hybridized carbons (Fsp3) is 0.625. The maximum Gasteiger partial charge on any atom is 0.410 e. The molecule has 2 heterocycles. The standard InChI is InChI=1S/C24H35N3O4/c1-24(2,3)31-23(30)27-15-11-20(12-16-27)25(4)22(29)19-9-13-26(14-10-19)21-7-5-18(17-28)6-8-21/h5-8,17,19-20H,9-16H2,1-4H3. The molecule has 2 aliphatic heterocycles. The Morgan fingerprint density at radius 2 is 1.58 bits per heavy atom. The molecule has 2 saturated heterocycles. The van der Waals surface area contributed by atoms with Gasteiger partial charge in [-0.3, -0.25) is 9.59 Å². The van der Waals surface area contributed by atoms with E-state index in [2.05, 4.69) is 4.90 Å². The molecule has 1 aromatic rings. The topological polar surface area (TPSA) is 70.2 Å². The molecule has 7 nitrogen and oxygen atoms in total. The first-order valence-corrected chi connectivity index (χ1v) is 11.2. The van der Waals surface area contributed by atoms with E-state index in [0.717, 1.165) is 50.7 Å². The molecule has 1 aromatic carbocycles. The number of amides is 2. The lowest BCUT2D eigenvalue weighted by Crippen LogP contribution is -2.50. The first-order valence-electron chi connectivity index (χ1n) is 11.2. The molecule has 0 unspecified atom stereocenters. The summed E-state index contributed by atoms with van der Waals surface area (Å²) in [7, 11) is 1.90. The second-order valence-electron chi connectivity index (χ2n) is 9.62. The van der Waals surface area contributed by atoms with Crippen molar-refractivity contribution in [3.63, 3.8) is 0 Å². The van der Waals surface area contributed by atoms with Crippen LogP contribution in [-0.2, 0) is 9.53 Å². The van der Waals surface area contributed by atoms with E-state index < -0.39 is 5.60 Å². The number of nitrogens with zero attached hydrogens (tertiary/aromatic N) is 3. The smallest absolute Gasteiger partial charge is 0.410 e. The van der Waals surface area contributed by atoms with Crippen molar-refractivity contribution in [3.8, 4) is 0 Å². The van der Waals surface area contributed by atoms with Crippen molar-refractivity contribution in [2.45, 2.75) is 58.1 Å². The van der Waals surface area contributed by atoms with Crippen molar-refractivity contribution < 1.29 is 19.1 Å². The van der Waals surface area contributed by atoms with Gasteiger partial charge in [0.25, 0.3) is 0 Å². The maximum atomic E-state index is 13.1. The highest BCUT2D eigenvalue weighted by molar-refractivity contribution is 5.79. The van der Waals surface area contributed by atoms with Gasteiger partial charge in [0.1, 0.15) is 11.9 Å². The molecule has 0 N–H and O–H groups in total. The third-order valence-corrected chi connectivity index (χ3v) is 6.25. The van der Waals surface area contributed by atoms with Crippen LogP contribution in [0.4, 0.5) is 10.5 Å². The van der Waals surface area contributed by atoms with Crippen LogP contribution in [-0.4, -0.2) is 73.0 Å². The van der Waals surface area contributed by atoms with E-state index >= 15 is 0 Å². The number of aldehydes is 1. The lowest BCUT2D eigenvalue weighted by atomic mass is 9.93. The Bertz CT molecular complexity index is 771. The number of likely N-dealkylation sites (tertiary alicyclic amines) is 1. The van der Waals surface area contributed by atoms with Gasteiger partial charge in [-0.2, -0.15) is 0 Å². The third-order valence-electron chi connectivity index (χ3n) is 6.25. The second kappa shape index (κ2) is 9.71. The van der Waals surface area contributed by atoms with Crippen LogP contribution in [0.15, 0.2) is 24.3 Å². The van der Waals surface area contributed by atoms with Crippen LogP contribution in [0.3, 0.4) is 0 Å². The molecule has 0 spiro atoms. The summed E-state index contributed by atoms with van der Waals surface area (Å²) in [5.41, 5.74) is 1.28. The van der Waals surface area contributed by atoms with Crippen molar-refractivity contribution in [1.29, 1.82) is 0 Å². The summed E-state index contributed by atoms with van der Waals surface area (Å²) >= 11 is 0. The van der Waals surface area contributed by atoms with Crippen LogP contribution in [0.1, 0.15) is 56.8 Å². The number of anilines is 1. The lowest BCUT2D eigenvalue weighted by Gasteiger charge is -2.40. The lowest BCUT2D eigenvalue weighted by molar-refractivity contribution is -0.137. The zero-order chi connectivity index (χ0) is 22.6. The molecular formula is C24H35N3O4. The molecule has 0 saturated carbocycles. The zero-order valence-corrected chi connectivity index (χ0v) is 19.2. The van der Waals surface area contributed by atoms with Crippen molar-refractivity contribution in [3.05, 3.63) is 29.8 Å². The second-order valence-corrected chi connectivity index (χ2v) is 9.62. The van der Waals surface area contributed by atoms with Crippen molar-refractivity contribution >= 4 is 24.0 Å². The monoisotopic (exact) mass is 429 g/mol. The maximum absolute atomic E-state index is 13.1. The van der Waals surface area contributed by atoms with Crippen LogP contribution in [0.2, 0.25) is 0 Å². The SMILES string of the molecule is CN(C(=O)C1CCN(c2ccc(C=O)cc2)CC1)C1CCN(C(=O)OC(C)(C)C)CC1. The largest absolute Gasteiger partial charge is 0.444 e. The van der Waals surface area contributed by atoms with Crippen LogP contribution in [0, 0.1) is 5.92 Å². The van der Waals surface area contributed by atoms with Gasteiger partial charge in [-0.25, -0.2) is 4.79 Å². The molecular weight excluding hydrogens is 394 g/mol. The van der Waals surface area contributed by atoms with Gasteiger partial charge in [0.15, 0.2) is 0 Å². The average molecular weight is 430 g/mol. The molecule has 0 bridgehead atoms. The number of rotatable bonds is 4. The van der Waals surface area contributed by atoms with Gasteiger partial charge in [0.2, 0.25) is 5.91 Å². The normalized spacial score (nSPS) is 18.6. The first-order chi connectivity index (χ1) is 14.7. The Balaban J connectivity index is 1.46. The fourth-order valence-corrected chi connectivity index (χ4v) is 4.38. The van der Waals surface area contributed by atoms with E-state index in [1.807, 2.05) is 57.0 Å². The summed E-state index contributed by atoms with van der Waals surface area (Å²) in [5.74, 6) is 0.256. The van der Waals surface area contributed by atoms with Gasteiger partial charge in [-0.1, -0.05) is 0 Å². The number of hydrogen-bond donors (Lipinski definition) is 0. The predicted octanol–water partition coefficient (Wildman–Crippen LogP) is 3.57. The summed E-state index contributed by atoms with van der Waals surface area (Å²) in [5, 5.41) is 0. The minimum absolute atomic E-state index is 0.0411. The van der Waals surface area contributed by atoms with Gasteiger partial charge in [0.05, 0.1) is 0 Å². The van der Waals surface area contributed by atoms with E-state index in [1.165, 1.54) is 0 Å². The number of benzene rings is 1. The molecule has 3 rings (SSSR count). The predicted molar refractivity (Wildman–Crippen MR) is 120 cm³/mol. The highest BCUT2D eigenvalue weighted by Gasteiger charge is 2.33. The summed E-state index contributed by atoms with van der Waals surface area (Å²) < 4.78 is 5.46. The van der Waals surface area contributed by atoms with Gasteiger partial charge in [-0.05, 0) is 70.7 Å². The van der Waals surface area contributed by atoms with Crippen molar-refractivity contribution in [2.24, 2.45) is 5.92 Å². The van der Waals surface area contributed by atoms with E-state index in [-0.39, 0.29) is 24.0 Å². The Morgan fingerprint density at radius 1 is 1.00 bits per heavy atom. The Labute approximate surface area is 185 Å². The van der Waals surface area contributed by atoms with Crippen LogP contribution >= 0.6 is 0 Å². The van der Waals surface area contributed by atoms with Crippen LogP contribution < -0.4 is 4.90 Å². The molecule has 2 amide bonds. The first kappa shape index (κ1) is 23.1. The van der Waals surface area contributed by atoms with E-state index in [0.29, 0.717) is 18.7 Å². The zero-order valence-electron chi connectivity index (χ0n) is 19.2. The number of ether oxygens (including phenoxy) is 1. The highest BCUT2D eigenvalue weighted by atomic mass is 16.6. The van der Waals surface area contributed by atoms with E-state index in [9.17, 15) is 14.4 Å². The molecule has 0 radical (unpaired) electrons. The number of carbonyl (C=O) groups excluding carboxylic acids is 3. The molecule has 2 fully saturated rings. The number of hydrogen-bond acceptors (Lipinski definition) is 5. The van der Waals surface area contributed by atoms with Crippen LogP contribution in [0.5, 0.6) is 0 Å². The summed E-state index contributed by atoms with van der Waals surface area (Å²) in [4.78, 5) is 42.1. The highest BCUT2D eigenvalue weighted by Crippen LogP contribution is 2.27. The molecule has 170 valence electrons. The van der Waals surface area contributed by atoms with Gasteiger partial charge < -0.3 is 19.4 Å². The average Bonchev–Trinajstić information content (AvgIpc) is 2.77. The minimum Gasteiger partial charge on any atom is -0.444 e. The molecule has 2 aliphatic rings. The summed E-state index contributed by atoms with van der Waals surface area (Å²) in [6.07, 6.45) is 3.80. The van der Waals surface area contributed by atoms with E-state index in [1.54, 1.807) is 4.90 Å². The quantitative estimate of drug-likeness (QED) is 0.685. The summed E-state index contributed by atoms with van der Waals surface area (Å²) in [6.45, 7) is 8.52. The molecule has 7 heteroatoms. The fourth-order valence-electron chi connectivity index (χ4n) is 4.38. The number of piperidine rings is 2. The van der Waals surface area contributed by atoms with Crippen LogP contribution in [0.25, 0.3) is 0 Å². The van der Waals surface area contributed by atoms with E-state index in [4.69, 9.17) is 4.74 Å². The van der Waals surface area contributed by atoms with Crippen molar-refractivity contribution in [2.75, 3.05) is 38.1 Å². The van der Waals surface area contributed by atoms with Crippen molar-refractivity contribution in [1.82, 2.24) is 9.80 Å². The van der Waals surface area contributed by atoms with Gasteiger partial charge in [-0.15, -0.1) is 0 Å². The molecule has 0 aliphatic carbocycles. The minimum atomic E-state index is -0.494.